The molecule has 4 rings (SSSR count). The van der Waals surface area contributed by atoms with Crippen LogP contribution >= 0.6 is 0 Å². The van der Waals surface area contributed by atoms with Gasteiger partial charge in [0.1, 0.15) is 0 Å². The molecule has 0 saturated carbocycles. The molecule has 3 aromatic rings. The number of hydrogen-bond acceptors (Lipinski definition) is 5. The Balaban J connectivity index is 1.55. The van der Waals surface area contributed by atoms with Crippen molar-refractivity contribution < 1.29 is 9.59 Å². The van der Waals surface area contributed by atoms with Crippen molar-refractivity contribution in [1.82, 2.24) is 15.3 Å². The molecule has 0 fully saturated rings. The molecule has 3 N–H and O–H groups in total. The highest BCUT2D eigenvalue weighted by Crippen LogP contribution is 2.32. The van der Waals surface area contributed by atoms with Crippen LogP contribution in [0.1, 0.15) is 29.8 Å². The van der Waals surface area contributed by atoms with E-state index in [-0.39, 0.29) is 18.2 Å². The van der Waals surface area contributed by atoms with Gasteiger partial charge in [-0.05, 0) is 36.2 Å². The zero-order chi connectivity index (χ0) is 21.1. The first-order valence-electron chi connectivity index (χ1n) is 9.90. The van der Waals surface area contributed by atoms with Crippen molar-refractivity contribution in [3.05, 3.63) is 65.9 Å². The van der Waals surface area contributed by atoms with E-state index in [2.05, 4.69) is 39.8 Å². The molecule has 1 aliphatic heterocycles. The van der Waals surface area contributed by atoms with Crippen LogP contribution < -0.4 is 16.0 Å². The first-order chi connectivity index (χ1) is 14.5. The van der Waals surface area contributed by atoms with Crippen molar-refractivity contribution in [2.75, 3.05) is 17.2 Å². The number of rotatable bonds is 5. The molecule has 1 aliphatic rings. The van der Waals surface area contributed by atoms with Gasteiger partial charge in [0.05, 0.1) is 17.8 Å². The first kappa shape index (κ1) is 19.6. The van der Waals surface area contributed by atoms with Gasteiger partial charge in [-0.15, -0.1) is 0 Å². The summed E-state index contributed by atoms with van der Waals surface area (Å²) in [6.45, 7) is 4.75. The van der Waals surface area contributed by atoms with Crippen LogP contribution in [0, 0.1) is 5.92 Å². The van der Waals surface area contributed by atoms with Crippen molar-refractivity contribution in [3.8, 4) is 11.3 Å². The summed E-state index contributed by atoms with van der Waals surface area (Å²) in [6, 6.07) is 14.7. The molecule has 0 aliphatic carbocycles. The molecule has 0 spiro atoms. The van der Waals surface area contributed by atoms with E-state index in [0.717, 1.165) is 28.2 Å². The van der Waals surface area contributed by atoms with Crippen LogP contribution in [0.3, 0.4) is 0 Å². The van der Waals surface area contributed by atoms with Crippen molar-refractivity contribution in [3.63, 3.8) is 0 Å². The fourth-order valence-corrected chi connectivity index (χ4v) is 3.23. The highest BCUT2D eigenvalue weighted by Gasteiger charge is 2.20. The van der Waals surface area contributed by atoms with Crippen LogP contribution in [0.4, 0.5) is 17.3 Å². The molecular formula is C23H23N5O2. The predicted octanol–water partition coefficient (Wildman–Crippen LogP) is 3.77. The number of amides is 2. The number of anilines is 3. The predicted molar refractivity (Wildman–Crippen MR) is 117 cm³/mol. The molecule has 2 heterocycles. The first-order valence-corrected chi connectivity index (χ1v) is 9.90. The van der Waals surface area contributed by atoms with Gasteiger partial charge in [0.15, 0.2) is 0 Å². The van der Waals surface area contributed by atoms with Crippen LogP contribution in [0.15, 0.2) is 54.7 Å². The molecule has 0 saturated heterocycles. The quantitative estimate of drug-likeness (QED) is 0.605. The molecule has 0 bridgehead atoms. The SMILES string of the molecule is CC(C)CNC(=O)c1ccc(Nc2ncc3c(n2)-c2ccccc2NC(=O)C3)cc1. The van der Waals surface area contributed by atoms with Gasteiger partial charge in [-0.25, -0.2) is 9.97 Å². The molecular weight excluding hydrogens is 378 g/mol. The van der Waals surface area contributed by atoms with E-state index in [4.69, 9.17) is 0 Å². The second-order valence-electron chi connectivity index (χ2n) is 7.64. The lowest BCUT2D eigenvalue weighted by Gasteiger charge is -2.11. The van der Waals surface area contributed by atoms with Gasteiger partial charge in [-0.1, -0.05) is 32.0 Å². The Kier molecular flexibility index (Phi) is 5.43. The maximum absolute atomic E-state index is 12.2. The molecule has 7 heteroatoms. The van der Waals surface area contributed by atoms with Crippen LogP contribution in [0.25, 0.3) is 11.3 Å². The molecule has 1 aromatic heterocycles. The third-order valence-electron chi connectivity index (χ3n) is 4.75. The van der Waals surface area contributed by atoms with Crippen LogP contribution in [-0.2, 0) is 11.2 Å². The van der Waals surface area contributed by atoms with Gasteiger partial charge in [-0.2, -0.15) is 0 Å². The van der Waals surface area contributed by atoms with Gasteiger partial charge in [0.2, 0.25) is 11.9 Å². The van der Waals surface area contributed by atoms with Gasteiger partial charge in [0.25, 0.3) is 5.91 Å². The average Bonchev–Trinajstić information content (AvgIpc) is 2.88. The van der Waals surface area contributed by atoms with E-state index < -0.39 is 0 Å². The number of para-hydroxylation sites is 1. The van der Waals surface area contributed by atoms with E-state index in [1.54, 1.807) is 18.3 Å². The number of carbonyl (C=O) groups excluding carboxylic acids is 2. The Morgan fingerprint density at radius 2 is 1.90 bits per heavy atom. The van der Waals surface area contributed by atoms with Crippen molar-refractivity contribution in [2.24, 2.45) is 5.92 Å². The lowest BCUT2D eigenvalue weighted by atomic mass is 10.1. The highest BCUT2D eigenvalue weighted by atomic mass is 16.2. The van der Waals surface area contributed by atoms with E-state index >= 15 is 0 Å². The Hall–Kier alpha value is -3.74. The molecule has 152 valence electrons. The number of benzene rings is 2. The zero-order valence-electron chi connectivity index (χ0n) is 16.9. The van der Waals surface area contributed by atoms with Gasteiger partial charge in [0, 0.05) is 35.1 Å². The number of nitrogens with one attached hydrogen (secondary N) is 3. The van der Waals surface area contributed by atoms with E-state index in [9.17, 15) is 9.59 Å². The molecule has 0 radical (unpaired) electrons. The normalized spacial score (nSPS) is 12.4. The summed E-state index contributed by atoms with van der Waals surface area (Å²) in [7, 11) is 0. The Morgan fingerprint density at radius 3 is 2.67 bits per heavy atom. The fraction of sp³-hybridized carbons (Fsp3) is 0.217. The molecule has 2 aromatic carbocycles. The fourth-order valence-electron chi connectivity index (χ4n) is 3.23. The van der Waals surface area contributed by atoms with Crippen molar-refractivity contribution in [1.29, 1.82) is 0 Å². The third-order valence-corrected chi connectivity index (χ3v) is 4.75. The molecule has 2 amide bonds. The van der Waals surface area contributed by atoms with Crippen molar-refractivity contribution >= 4 is 29.1 Å². The topological polar surface area (TPSA) is 96.0 Å². The molecule has 30 heavy (non-hydrogen) atoms. The Morgan fingerprint density at radius 1 is 1.13 bits per heavy atom. The molecule has 7 nitrogen and oxygen atoms in total. The summed E-state index contributed by atoms with van der Waals surface area (Å²) in [6.07, 6.45) is 1.91. The Bertz CT molecular complexity index is 1090. The van der Waals surface area contributed by atoms with Crippen LogP contribution in [0.2, 0.25) is 0 Å². The number of hydrogen-bond donors (Lipinski definition) is 3. The lowest BCUT2D eigenvalue weighted by molar-refractivity contribution is -0.115. The minimum absolute atomic E-state index is 0.0863. The lowest BCUT2D eigenvalue weighted by Crippen LogP contribution is -2.27. The van der Waals surface area contributed by atoms with E-state index in [1.165, 1.54) is 0 Å². The second kappa shape index (κ2) is 8.32. The minimum Gasteiger partial charge on any atom is -0.352 e. The van der Waals surface area contributed by atoms with Gasteiger partial charge >= 0.3 is 0 Å². The summed E-state index contributed by atoms with van der Waals surface area (Å²) in [5.74, 6) is 0.646. The highest BCUT2D eigenvalue weighted by molar-refractivity contribution is 6.00. The number of carbonyl (C=O) groups is 2. The average molecular weight is 401 g/mol. The van der Waals surface area contributed by atoms with E-state index in [0.29, 0.717) is 24.0 Å². The molecule has 0 atom stereocenters. The maximum atomic E-state index is 12.2. The van der Waals surface area contributed by atoms with Crippen LogP contribution in [-0.4, -0.2) is 28.3 Å². The van der Waals surface area contributed by atoms with Gasteiger partial charge < -0.3 is 16.0 Å². The van der Waals surface area contributed by atoms with Crippen LogP contribution in [0.5, 0.6) is 0 Å². The maximum Gasteiger partial charge on any atom is 0.251 e. The zero-order valence-corrected chi connectivity index (χ0v) is 16.9. The summed E-state index contributed by atoms with van der Waals surface area (Å²) in [4.78, 5) is 33.3. The summed E-state index contributed by atoms with van der Waals surface area (Å²) >= 11 is 0. The minimum atomic E-state index is -0.0923. The second-order valence-corrected chi connectivity index (χ2v) is 7.64. The third kappa shape index (κ3) is 4.30. The van der Waals surface area contributed by atoms with E-state index in [1.807, 2.05) is 36.4 Å². The van der Waals surface area contributed by atoms with Crippen molar-refractivity contribution in [2.45, 2.75) is 20.3 Å². The number of nitrogens with zero attached hydrogens (tertiary/aromatic N) is 2. The smallest absolute Gasteiger partial charge is 0.251 e. The largest absolute Gasteiger partial charge is 0.352 e. The summed E-state index contributed by atoms with van der Waals surface area (Å²) in [5, 5.41) is 8.98. The monoisotopic (exact) mass is 401 g/mol. The number of aromatic nitrogens is 2. The number of fused-ring (bicyclic) bond motifs is 3. The summed E-state index contributed by atoms with van der Waals surface area (Å²) in [5.41, 5.74) is 4.48. The van der Waals surface area contributed by atoms with Gasteiger partial charge in [-0.3, -0.25) is 9.59 Å². The Labute approximate surface area is 175 Å². The standard InChI is InChI=1S/C23H23N5O2/c1-14(2)12-24-22(30)15-7-9-17(10-8-15)26-23-25-13-16-11-20(29)27-19-6-4-3-5-18(19)21(16)28-23/h3-10,13-14H,11-12H2,1-2H3,(H,24,30)(H,27,29)(H,25,26,28). The molecule has 0 unspecified atom stereocenters. The summed E-state index contributed by atoms with van der Waals surface area (Å²) < 4.78 is 0.